The largest absolute Gasteiger partial charge is 0.481 e. The van der Waals surface area contributed by atoms with Crippen LogP contribution in [-0.2, 0) is 27.5 Å². The molecule has 0 aliphatic rings. The van der Waals surface area contributed by atoms with Crippen LogP contribution in [0.1, 0.15) is 11.1 Å². The highest BCUT2D eigenvalue weighted by Crippen LogP contribution is 2.35. The number of carboxylic acid groups (broad SMARTS) is 1. The first kappa shape index (κ1) is 25.1. The van der Waals surface area contributed by atoms with E-state index in [1.807, 2.05) is 0 Å². The van der Waals surface area contributed by atoms with E-state index in [0.29, 0.717) is 11.8 Å². The Morgan fingerprint density at radius 1 is 1.09 bits per heavy atom. The second-order valence-electron chi connectivity index (χ2n) is 7.19. The summed E-state index contributed by atoms with van der Waals surface area (Å²) < 4.78 is 84.4. The Morgan fingerprint density at radius 2 is 1.76 bits per heavy atom. The van der Waals surface area contributed by atoms with E-state index in [1.54, 1.807) is 0 Å². The Bertz CT molecular complexity index is 1300. The third kappa shape index (κ3) is 5.88. The zero-order valence-corrected chi connectivity index (χ0v) is 18.4. The predicted molar refractivity (Wildman–Crippen MR) is 113 cm³/mol. The lowest BCUT2D eigenvalue weighted by atomic mass is 10.0. The molecule has 0 unspecified atom stereocenters. The van der Waals surface area contributed by atoms with Gasteiger partial charge in [-0.2, -0.15) is 17.5 Å². The maximum absolute atomic E-state index is 13.2. The normalized spacial score (nSPS) is 12.1. The molecule has 0 saturated heterocycles. The van der Waals surface area contributed by atoms with Gasteiger partial charge in [0.25, 0.3) is 0 Å². The van der Waals surface area contributed by atoms with E-state index in [0.717, 1.165) is 40.8 Å². The Kier molecular flexibility index (Phi) is 7.22. The van der Waals surface area contributed by atoms with Gasteiger partial charge in [0.1, 0.15) is 11.6 Å². The van der Waals surface area contributed by atoms with Crippen molar-refractivity contribution in [3.63, 3.8) is 0 Å². The molecule has 7 nitrogen and oxygen atoms in total. The van der Waals surface area contributed by atoms with Crippen LogP contribution in [0.4, 0.5) is 17.6 Å². The van der Waals surface area contributed by atoms with Crippen LogP contribution in [-0.4, -0.2) is 42.4 Å². The van der Waals surface area contributed by atoms with E-state index in [-0.39, 0.29) is 28.3 Å². The van der Waals surface area contributed by atoms with Crippen molar-refractivity contribution in [1.82, 2.24) is 9.29 Å². The summed E-state index contributed by atoms with van der Waals surface area (Å²) >= 11 is 0. The van der Waals surface area contributed by atoms with E-state index in [4.69, 9.17) is 9.84 Å². The van der Waals surface area contributed by atoms with Gasteiger partial charge in [-0.05, 0) is 48.0 Å². The van der Waals surface area contributed by atoms with Gasteiger partial charge in [-0.15, -0.1) is 0 Å². The molecule has 3 aromatic rings. The summed E-state index contributed by atoms with van der Waals surface area (Å²) in [7, 11) is -2.70. The summed E-state index contributed by atoms with van der Waals surface area (Å²) in [6.07, 6.45) is -2.86. The van der Waals surface area contributed by atoms with Crippen molar-refractivity contribution in [1.29, 1.82) is 0 Å². The minimum absolute atomic E-state index is 0.00103. The molecular formula is C22H18F4N2O5S. The summed E-state index contributed by atoms with van der Waals surface area (Å²) in [5.41, 5.74) is -0.537. The van der Waals surface area contributed by atoms with Crippen molar-refractivity contribution in [3.05, 3.63) is 77.9 Å². The monoisotopic (exact) mass is 498 g/mol. The lowest BCUT2D eigenvalue weighted by Gasteiger charge is -2.19. The number of nitrogens with zero attached hydrogens (tertiary/aromatic N) is 2. The molecular weight excluding hydrogens is 480 g/mol. The molecule has 180 valence electrons. The SMILES string of the molecule is CN(Cc1ccc(OCC(=O)O)c(-c2cncc(C(F)(F)F)c2)c1)S(=O)(=O)c1ccc(F)cc1. The number of pyridine rings is 1. The highest BCUT2D eigenvalue weighted by Gasteiger charge is 2.31. The molecule has 0 amide bonds. The van der Waals surface area contributed by atoms with Gasteiger partial charge in [0.05, 0.1) is 10.5 Å². The van der Waals surface area contributed by atoms with Crippen LogP contribution in [0.3, 0.4) is 0 Å². The molecule has 1 N–H and O–H groups in total. The number of aromatic nitrogens is 1. The van der Waals surface area contributed by atoms with Crippen molar-refractivity contribution in [3.8, 4) is 16.9 Å². The number of benzene rings is 2. The summed E-state index contributed by atoms with van der Waals surface area (Å²) in [6, 6.07) is 9.27. The standard InChI is InChI=1S/C22H18F4N2O5S/c1-28(34(31,32)18-5-3-17(23)4-6-18)12-14-2-7-20(33-13-21(29)30)19(8-14)15-9-16(11-27-10-15)22(24,25)26/h2-11H,12-13H2,1H3,(H,29,30). The van der Waals surface area contributed by atoms with Crippen LogP contribution >= 0.6 is 0 Å². The van der Waals surface area contributed by atoms with Crippen LogP contribution < -0.4 is 4.74 Å². The molecule has 0 atom stereocenters. The van der Waals surface area contributed by atoms with Gasteiger partial charge in [0.2, 0.25) is 10.0 Å². The van der Waals surface area contributed by atoms with Gasteiger partial charge in [-0.3, -0.25) is 4.98 Å². The van der Waals surface area contributed by atoms with Crippen molar-refractivity contribution >= 4 is 16.0 Å². The van der Waals surface area contributed by atoms with E-state index < -0.39 is 40.2 Å². The van der Waals surface area contributed by atoms with Crippen LogP contribution in [0.5, 0.6) is 5.75 Å². The fraction of sp³-hybridized carbons (Fsp3) is 0.182. The van der Waals surface area contributed by atoms with Gasteiger partial charge < -0.3 is 9.84 Å². The number of carboxylic acids is 1. The molecule has 0 spiro atoms. The number of carbonyl (C=O) groups is 1. The van der Waals surface area contributed by atoms with Gasteiger partial charge >= 0.3 is 12.1 Å². The zero-order valence-electron chi connectivity index (χ0n) is 17.6. The molecule has 12 heteroatoms. The number of ether oxygens (including phenoxy) is 1. The van der Waals surface area contributed by atoms with Gasteiger partial charge in [-0.25, -0.2) is 17.6 Å². The molecule has 0 saturated carbocycles. The quantitative estimate of drug-likeness (QED) is 0.468. The van der Waals surface area contributed by atoms with Crippen molar-refractivity contribution < 1.29 is 40.6 Å². The second kappa shape index (κ2) is 9.77. The number of aliphatic carboxylic acids is 1. The number of sulfonamides is 1. The first-order valence-corrected chi connectivity index (χ1v) is 11.0. The zero-order chi connectivity index (χ0) is 25.1. The highest BCUT2D eigenvalue weighted by atomic mass is 32.2. The predicted octanol–water partition coefficient (Wildman–Crippen LogP) is 4.19. The Hall–Kier alpha value is -3.51. The smallest absolute Gasteiger partial charge is 0.417 e. The molecule has 34 heavy (non-hydrogen) atoms. The Balaban J connectivity index is 1.98. The molecule has 0 fully saturated rings. The second-order valence-corrected chi connectivity index (χ2v) is 9.23. The van der Waals surface area contributed by atoms with Crippen LogP contribution in [0, 0.1) is 5.82 Å². The Labute approximate surface area is 192 Å². The van der Waals surface area contributed by atoms with Crippen LogP contribution in [0.15, 0.2) is 65.8 Å². The third-order valence-corrected chi connectivity index (χ3v) is 6.52. The van der Waals surface area contributed by atoms with E-state index in [2.05, 4.69) is 4.98 Å². The minimum atomic E-state index is -4.66. The van der Waals surface area contributed by atoms with Crippen molar-refractivity contribution in [2.75, 3.05) is 13.7 Å². The van der Waals surface area contributed by atoms with Crippen LogP contribution in [0.25, 0.3) is 11.1 Å². The molecule has 3 rings (SSSR count). The average molecular weight is 498 g/mol. The maximum atomic E-state index is 13.2. The summed E-state index contributed by atoms with van der Waals surface area (Å²) in [6.45, 7) is -0.921. The molecule has 1 heterocycles. The summed E-state index contributed by atoms with van der Waals surface area (Å²) in [5, 5.41) is 8.89. The fourth-order valence-electron chi connectivity index (χ4n) is 3.04. The molecule has 0 aliphatic carbocycles. The lowest BCUT2D eigenvalue weighted by Crippen LogP contribution is -2.26. The molecule has 0 radical (unpaired) electrons. The van der Waals surface area contributed by atoms with Gasteiger partial charge in [0.15, 0.2) is 6.61 Å². The molecule has 2 aromatic carbocycles. The van der Waals surface area contributed by atoms with Crippen molar-refractivity contribution in [2.24, 2.45) is 0 Å². The number of alkyl halides is 3. The maximum Gasteiger partial charge on any atom is 0.417 e. The van der Waals surface area contributed by atoms with E-state index in [9.17, 15) is 30.8 Å². The molecule has 1 aromatic heterocycles. The first-order valence-electron chi connectivity index (χ1n) is 9.60. The van der Waals surface area contributed by atoms with Gasteiger partial charge in [0, 0.05) is 37.1 Å². The molecule has 0 aliphatic heterocycles. The number of hydrogen-bond donors (Lipinski definition) is 1. The number of hydrogen-bond acceptors (Lipinski definition) is 5. The number of rotatable bonds is 8. The van der Waals surface area contributed by atoms with Gasteiger partial charge in [-0.1, -0.05) is 6.07 Å². The molecule has 0 bridgehead atoms. The summed E-state index contributed by atoms with van der Waals surface area (Å²) in [5.74, 6) is -1.91. The van der Waals surface area contributed by atoms with Crippen LogP contribution in [0.2, 0.25) is 0 Å². The topological polar surface area (TPSA) is 96.8 Å². The average Bonchev–Trinajstić information content (AvgIpc) is 2.78. The van der Waals surface area contributed by atoms with E-state index in [1.165, 1.54) is 25.2 Å². The fourth-order valence-corrected chi connectivity index (χ4v) is 4.20. The summed E-state index contributed by atoms with van der Waals surface area (Å²) in [4.78, 5) is 14.4. The van der Waals surface area contributed by atoms with E-state index >= 15 is 0 Å². The van der Waals surface area contributed by atoms with Crippen molar-refractivity contribution in [2.45, 2.75) is 17.6 Å². The third-order valence-electron chi connectivity index (χ3n) is 4.70. The highest BCUT2D eigenvalue weighted by molar-refractivity contribution is 7.89. The minimum Gasteiger partial charge on any atom is -0.481 e. The lowest BCUT2D eigenvalue weighted by molar-refractivity contribution is -0.139. The number of halogens is 4. The Morgan fingerprint density at radius 3 is 2.38 bits per heavy atom. The first-order chi connectivity index (χ1) is 15.9.